The fraction of sp³-hybridized carbons (Fsp3) is 0.300. The van der Waals surface area contributed by atoms with Crippen molar-refractivity contribution in [3.8, 4) is 0 Å². The molecule has 1 nitrogen and oxygen atoms in total. The van der Waals surface area contributed by atoms with E-state index in [9.17, 15) is 4.79 Å². The van der Waals surface area contributed by atoms with E-state index in [-0.39, 0.29) is 5.24 Å². The Bertz CT molecular complexity index is 292. The Kier molecular flexibility index (Phi) is 2.88. The molecule has 0 radical (unpaired) electrons. The van der Waals surface area contributed by atoms with Gasteiger partial charge < -0.3 is 0 Å². The Hall–Kier alpha value is -0.820. The Morgan fingerprint density at radius 3 is 2.33 bits per heavy atom. The van der Waals surface area contributed by atoms with Crippen LogP contribution in [0.5, 0.6) is 0 Å². The number of hydrogen-bond acceptors (Lipinski definition) is 1. The molecule has 1 aromatic carbocycles. The van der Waals surface area contributed by atoms with Gasteiger partial charge >= 0.3 is 0 Å². The second-order valence-electron chi connectivity index (χ2n) is 3.02. The highest BCUT2D eigenvalue weighted by Gasteiger charge is 2.09. The molecule has 0 unspecified atom stereocenters. The summed E-state index contributed by atoms with van der Waals surface area (Å²) in [6.07, 6.45) is 0. The van der Waals surface area contributed by atoms with Crippen LogP contribution in [-0.2, 0) is 0 Å². The zero-order chi connectivity index (χ0) is 9.14. The lowest BCUT2D eigenvalue weighted by atomic mass is 9.98. The predicted molar refractivity (Wildman–Crippen MR) is 50.7 cm³/mol. The third kappa shape index (κ3) is 1.86. The molecule has 0 N–H and O–H groups in total. The molecule has 0 aromatic heterocycles. The summed E-state index contributed by atoms with van der Waals surface area (Å²) in [5.41, 5.74) is 1.63. The van der Waals surface area contributed by atoms with Crippen LogP contribution >= 0.6 is 11.6 Å². The Balaban J connectivity index is 3.17. The summed E-state index contributed by atoms with van der Waals surface area (Å²) in [5, 5.41) is -0.376. The molecule has 0 bridgehead atoms. The van der Waals surface area contributed by atoms with Crippen LogP contribution in [-0.4, -0.2) is 5.24 Å². The highest BCUT2D eigenvalue weighted by atomic mass is 35.5. The minimum absolute atomic E-state index is 0.337. The van der Waals surface area contributed by atoms with Crippen LogP contribution in [0.4, 0.5) is 0 Å². The molecule has 2 heteroatoms. The molecule has 0 aliphatic carbocycles. The van der Waals surface area contributed by atoms with Crippen molar-refractivity contribution in [2.75, 3.05) is 0 Å². The highest BCUT2D eigenvalue weighted by Crippen LogP contribution is 2.20. The van der Waals surface area contributed by atoms with Crippen molar-refractivity contribution in [1.29, 1.82) is 0 Å². The summed E-state index contributed by atoms with van der Waals surface area (Å²) in [7, 11) is 0. The molecule has 0 saturated carbocycles. The zero-order valence-corrected chi connectivity index (χ0v) is 7.93. The van der Waals surface area contributed by atoms with E-state index in [1.807, 2.05) is 32.0 Å². The number of benzene rings is 1. The number of halogens is 1. The second-order valence-corrected chi connectivity index (χ2v) is 3.36. The maximum Gasteiger partial charge on any atom is 0.252 e. The maximum atomic E-state index is 10.9. The fourth-order valence-corrected chi connectivity index (χ4v) is 1.35. The first-order valence-electron chi connectivity index (χ1n) is 3.91. The number of carbonyl (C=O) groups excluding carboxylic acids is 1. The lowest BCUT2D eigenvalue weighted by molar-refractivity contribution is 0.108. The molecule has 1 rings (SSSR count). The van der Waals surface area contributed by atoms with Crippen LogP contribution in [0.25, 0.3) is 0 Å². The van der Waals surface area contributed by atoms with E-state index in [2.05, 4.69) is 0 Å². The van der Waals surface area contributed by atoms with Crippen molar-refractivity contribution in [2.45, 2.75) is 19.8 Å². The highest BCUT2D eigenvalue weighted by molar-refractivity contribution is 6.67. The third-order valence-electron chi connectivity index (χ3n) is 1.79. The zero-order valence-electron chi connectivity index (χ0n) is 7.17. The standard InChI is InChI=1S/C10H11ClO/c1-7(2)8-5-3-4-6-9(8)10(11)12/h3-7H,1-2H3. The molecule has 0 fully saturated rings. The predicted octanol–water partition coefficient (Wildman–Crippen LogP) is 3.19. The Morgan fingerprint density at radius 1 is 1.33 bits per heavy atom. The van der Waals surface area contributed by atoms with Gasteiger partial charge in [0.1, 0.15) is 0 Å². The van der Waals surface area contributed by atoms with Gasteiger partial charge in [0.2, 0.25) is 0 Å². The molecule has 0 aliphatic rings. The molecule has 0 spiro atoms. The largest absolute Gasteiger partial charge is 0.276 e. The number of hydrogen-bond donors (Lipinski definition) is 0. The molecular weight excluding hydrogens is 172 g/mol. The van der Waals surface area contributed by atoms with Crippen LogP contribution in [0.2, 0.25) is 0 Å². The van der Waals surface area contributed by atoms with Crippen molar-refractivity contribution >= 4 is 16.8 Å². The molecule has 1 aromatic rings. The molecule has 0 heterocycles. The van der Waals surface area contributed by atoms with Gasteiger partial charge in [0.15, 0.2) is 0 Å². The summed E-state index contributed by atoms with van der Waals surface area (Å²) < 4.78 is 0. The molecule has 12 heavy (non-hydrogen) atoms. The Morgan fingerprint density at radius 2 is 1.92 bits per heavy atom. The summed E-state index contributed by atoms with van der Waals surface area (Å²) in [5.74, 6) is 0.337. The van der Waals surface area contributed by atoms with Gasteiger partial charge in [0, 0.05) is 5.56 Å². The Labute approximate surface area is 77.4 Å². The average Bonchev–Trinajstić information content (AvgIpc) is 2.04. The molecule has 0 aliphatic heterocycles. The van der Waals surface area contributed by atoms with Gasteiger partial charge in [-0.1, -0.05) is 32.0 Å². The summed E-state index contributed by atoms with van der Waals surface area (Å²) in [6.45, 7) is 4.08. The summed E-state index contributed by atoms with van der Waals surface area (Å²) in [6, 6.07) is 7.42. The van der Waals surface area contributed by atoms with E-state index in [1.165, 1.54) is 0 Å². The van der Waals surface area contributed by atoms with E-state index in [0.29, 0.717) is 11.5 Å². The lowest BCUT2D eigenvalue weighted by Gasteiger charge is -2.08. The molecule has 64 valence electrons. The van der Waals surface area contributed by atoms with Crippen molar-refractivity contribution in [2.24, 2.45) is 0 Å². The van der Waals surface area contributed by atoms with E-state index < -0.39 is 0 Å². The van der Waals surface area contributed by atoms with Crippen LogP contribution in [0, 0.1) is 0 Å². The van der Waals surface area contributed by atoms with Crippen LogP contribution < -0.4 is 0 Å². The minimum atomic E-state index is -0.376. The molecule has 0 amide bonds. The first-order chi connectivity index (χ1) is 5.63. The van der Waals surface area contributed by atoms with Gasteiger partial charge in [-0.15, -0.1) is 0 Å². The van der Waals surface area contributed by atoms with Crippen molar-refractivity contribution < 1.29 is 4.79 Å². The molecule has 0 atom stereocenters. The van der Waals surface area contributed by atoms with Gasteiger partial charge in [0.25, 0.3) is 5.24 Å². The van der Waals surface area contributed by atoms with Crippen LogP contribution in [0.15, 0.2) is 24.3 Å². The second kappa shape index (κ2) is 3.72. The number of rotatable bonds is 2. The summed E-state index contributed by atoms with van der Waals surface area (Å²) >= 11 is 5.41. The number of carbonyl (C=O) groups is 1. The third-order valence-corrected chi connectivity index (χ3v) is 2.00. The van der Waals surface area contributed by atoms with Gasteiger partial charge in [-0.05, 0) is 29.1 Å². The first kappa shape index (κ1) is 9.27. The lowest BCUT2D eigenvalue weighted by Crippen LogP contribution is -1.98. The van der Waals surface area contributed by atoms with E-state index in [1.54, 1.807) is 6.07 Å². The van der Waals surface area contributed by atoms with Crippen LogP contribution in [0.1, 0.15) is 35.7 Å². The quantitative estimate of drug-likeness (QED) is 0.642. The van der Waals surface area contributed by atoms with Crippen molar-refractivity contribution in [3.63, 3.8) is 0 Å². The summed E-state index contributed by atoms with van der Waals surface area (Å²) in [4.78, 5) is 10.9. The van der Waals surface area contributed by atoms with E-state index >= 15 is 0 Å². The SMILES string of the molecule is CC(C)c1ccccc1C(=O)Cl. The fourth-order valence-electron chi connectivity index (χ4n) is 1.18. The smallest absolute Gasteiger partial charge is 0.252 e. The monoisotopic (exact) mass is 182 g/mol. The maximum absolute atomic E-state index is 10.9. The van der Waals surface area contributed by atoms with Gasteiger partial charge in [-0.3, -0.25) is 4.79 Å². The van der Waals surface area contributed by atoms with Crippen molar-refractivity contribution in [1.82, 2.24) is 0 Å². The average molecular weight is 183 g/mol. The van der Waals surface area contributed by atoms with Gasteiger partial charge in [-0.25, -0.2) is 0 Å². The first-order valence-corrected chi connectivity index (χ1v) is 4.29. The van der Waals surface area contributed by atoms with Gasteiger partial charge in [0.05, 0.1) is 0 Å². The molecular formula is C10H11ClO. The molecule has 0 saturated heterocycles. The van der Waals surface area contributed by atoms with E-state index in [4.69, 9.17) is 11.6 Å². The normalized spacial score (nSPS) is 10.3. The topological polar surface area (TPSA) is 17.1 Å². The van der Waals surface area contributed by atoms with Crippen LogP contribution in [0.3, 0.4) is 0 Å². The van der Waals surface area contributed by atoms with Crippen molar-refractivity contribution in [3.05, 3.63) is 35.4 Å². The minimum Gasteiger partial charge on any atom is -0.276 e. The van der Waals surface area contributed by atoms with E-state index in [0.717, 1.165) is 5.56 Å². The van der Waals surface area contributed by atoms with Gasteiger partial charge in [-0.2, -0.15) is 0 Å².